The van der Waals surface area contributed by atoms with Gasteiger partial charge in [0.2, 0.25) is 0 Å². The van der Waals surface area contributed by atoms with E-state index in [9.17, 15) is 0 Å². The number of thioether (sulfide) groups is 1. The number of aryl methyl sites for hydroxylation is 1. The first-order valence-corrected chi connectivity index (χ1v) is 7.39. The van der Waals surface area contributed by atoms with Crippen molar-refractivity contribution in [3.05, 3.63) is 53.6 Å². The van der Waals surface area contributed by atoms with Gasteiger partial charge in [0.25, 0.3) is 0 Å². The van der Waals surface area contributed by atoms with E-state index in [0.29, 0.717) is 6.61 Å². The molecule has 0 radical (unpaired) electrons. The molecular formula is C16H19NOS. The highest BCUT2D eigenvalue weighted by molar-refractivity contribution is 7.98. The van der Waals surface area contributed by atoms with Gasteiger partial charge < -0.3 is 10.5 Å². The highest BCUT2D eigenvalue weighted by Crippen LogP contribution is 2.30. The number of benzene rings is 2. The molecule has 0 aliphatic rings. The minimum atomic E-state index is 0.693. The first-order valence-electron chi connectivity index (χ1n) is 6.40. The topological polar surface area (TPSA) is 35.2 Å². The molecule has 0 unspecified atom stereocenters. The van der Waals surface area contributed by atoms with Crippen molar-refractivity contribution in [1.82, 2.24) is 0 Å². The number of hydrogen-bond donors (Lipinski definition) is 1. The summed E-state index contributed by atoms with van der Waals surface area (Å²) in [7, 11) is 0. The zero-order chi connectivity index (χ0) is 13.7. The number of nitrogen functional groups attached to an aromatic ring is 1. The molecule has 2 nitrogen and oxygen atoms in total. The van der Waals surface area contributed by atoms with Crippen molar-refractivity contribution in [3.8, 4) is 5.75 Å². The van der Waals surface area contributed by atoms with Crippen LogP contribution >= 0.6 is 11.8 Å². The summed E-state index contributed by atoms with van der Waals surface area (Å²) in [5.74, 6) is 1.86. The van der Waals surface area contributed by atoms with Gasteiger partial charge in [-0.05, 0) is 37.6 Å². The highest BCUT2D eigenvalue weighted by atomic mass is 32.2. The molecule has 0 bridgehead atoms. The zero-order valence-electron chi connectivity index (χ0n) is 11.3. The Bertz CT molecular complexity index is 554. The summed E-state index contributed by atoms with van der Waals surface area (Å²) in [5.41, 5.74) is 9.12. The molecule has 2 aromatic rings. The molecule has 0 spiro atoms. The third-order valence-electron chi connectivity index (χ3n) is 2.87. The first-order chi connectivity index (χ1) is 9.20. The second-order valence-electron chi connectivity index (χ2n) is 4.35. The third kappa shape index (κ3) is 3.67. The van der Waals surface area contributed by atoms with Crippen molar-refractivity contribution in [2.75, 3.05) is 12.3 Å². The molecule has 0 amide bonds. The van der Waals surface area contributed by atoms with Gasteiger partial charge in [-0.1, -0.05) is 24.3 Å². The van der Waals surface area contributed by atoms with Crippen LogP contribution in [0.4, 0.5) is 5.69 Å². The van der Waals surface area contributed by atoms with E-state index in [2.05, 4.69) is 19.1 Å². The number of nitrogens with two attached hydrogens (primary N) is 1. The maximum Gasteiger partial charge on any atom is 0.123 e. The largest absolute Gasteiger partial charge is 0.494 e. The van der Waals surface area contributed by atoms with Gasteiger partial charge >= 0.3 is 0 Å². The lowest BCUT2D eigenvalue weighted by atomic mass is 10.2. The summed E-state index contributed by atoms with van der Waals surface area (Å²) >= 11 is 1.79. The molecule has 0 saturated heterocycles. The Morgan fingerprint density at radius 2 is 1.95 bits per heavy atom. The predicted molar refractivity (Wildman–Crippen MR) is 82.8 cm³/mol. The normalized spacial score (nSPS) is 10.4. The number of hydrogen-bond acceptors (Lipinski definition) is 3. The van der Waals surface area contributed by atoms with Crippen molar-refractivity contribution >= 4 is 17.4 Å². The van der Waals surface area contributed by atoms with E-state index in [4.69, 9.17) is 10.5 Å². The van der Waals surface area contributed by atoms with Crippen LogP contribution in [0.25, 0.3) is 0 Å². The quantitative estimate of drug-likeness (QED) is 0.652. The molecular weight excluding hydrogens is 254 g/mol. The van der Waals surface area contributed by atoms with Gasteiger partial charge in [0.1, 0.15) is 5.75 Å². The highest BCUT2D eigenvalue weighted by Gasteiger charge is 2.05. The molecule has 0 aliphatic carbocycles. The Hall–Kier alpha value is -1.61. The second-order valence-corrected chi connectivity index (χ2v) is 5.37. The van der Waals surface area contributed by atoms with E-state index in [1.807, 2.05) is 37.3 Å². The summed E-state index contributed by atoms with van der Waals surface area (Å²) in [4.78, 5) is 1.23. The monoisotopic (exact) mass is 273 g/mol. The second kappa shape index (κ2) is 6.53. The van der Waals surface area contributed by atoms with Crippen LogP contribution in [0.3, 0.4) is 0 Å². The van der Waals surface area contributed by atoms with Gasteiger partial charge in [-0.15, -0.1) is 11.8 Å². The molecule has 100 valence electrons. The van der Waals surface area contributed by atoms with Crippen LogP contribution < -0.4 is 10.5 Å². The van der Waals surface area contributed by atoms with Crippen LogP contribution in [0, 0.1) is 6.92 Å². The SMILES string of the molecule is CCOc1ccccc1CSc1cc(N)ccc1C. The lowest BCUT2D eigenvalue weighted by Crippen LogP contribution is -1.95. The van der Waals surface area contributed by atoms with Crippen molar-refractivity contribution in [2.45, 2.75) is 24.5 Å². The molecule has 2 N–H and O–H groups in total. The predicted octanol–water partition coefficient (Wildman–Crippen LogP) is 4.27. The smallest absolute Gasteiger partial charge is 0.123 e. The van der Waals surface area contributed by atoms with Crippen LogP contribution in [-0.2, 0) is 5.75 Å². The molecule has 2 aromatic carbocycles. The van der Waals surface area contributed by atoms with Crippen LogP contribution in [0.1, 0.15) is 18.1 Å². The average molecular weight is 273 g/mol. The van der Waals surface area contributed by atoms with E-state index >= 15 is 0 Å². The summed E-state index contributed by atoms with van der Waals surface area (Å²) in [6, 6.07) is 14.2. The number of ether oxygens (including phenoxy) is 1. The molecule has 0 fully saturated rings. The Morgan fingerprint density at radius 3 is 2.74 bits per heavy atom. The fraction of sp³-hybridized carbons (Fsp3) is 0.250. The standard InChI is InChI=1S/C16H19NOS/c1-3-18-15-7-5-4-6-13(15)11-19-16-10-14(17)9-8-12(16)2/h4-10H,3,11,17H2,1-2H3. The number of para-hydroxylation sites is 1. The maximum atomic E-state index is 5.84. The Labute approximate surface area is 119 Å². The summed E-state index contributed by atoms with van der Waals surface area (Å²) < 4.78 is 5.64. The summed E-state index contributed by atoms with van der Waals surface area (Å²) in [5, 5.41) is 0. The fourth-order valence-electron chi connectivity index (χ4n) is 1.85. The third-order valence-corrected chi connectivity index (χ3v) is 4.07. The minimum Gasteiger partial charge on any atom is -0.494 e. The van der Waals surface area contributed by atoms with Gasteiger partial charge in [-0.2, -0.15) is 0 Å². The van der Waals surface area contributed by atoms with Crippen molar-refractivity contribution in [2.24, 2.45) is 0 Å². The van der Waals surface area contributed by atoms with E-state index in [1.54, 1.807) is 11.8 Å². The van der Waals surface area contributed by atoms with Crippen LogP contribution in [0.5, 0.6) is 5.75 Å². The molecule has 0 aromatic heterocycles. The molecule has 0 atom stereocenters. The lowest BCUT2D eigenvalue weighted by molar-refractivity contribution is 0.337. The Kier molecular flexibility index (Phi) is 4.74. The van der Waals surface area contributed by atoms with E-state index in [-0.39, 0.29) is 0 Å². The molecule has 3 heteroatoms. The summed E-state index contributed by atoms with van der Waals surface area (Å²) in [6.45, 7) is 4.81. The van der Waals surface area contributed by atoms with Crippen molar-refractivity contribution < 1.29 is 4.74 Å². The van der Waals surface area contributed by atoms with Gasteiger partial charge in [0.15, 0.2) is 0 Å². The van der Waals surface area contributed by atoms with Gasteiger partial charge in [0.05, 0.1) is 6.61 Å². The molecule has 0 heterocycles. The van der Waals surface area contributed by atoms with Gasteiger partial charge in [0, 0.05) is 21.9 Å². The molecule has 19 heavy (non-hydrogen) atoms. The average Bonchev–Trinajstić information content (AvgIpc) is 2.42. The number of anilines is 1. The van der Waals surface area contributed by atoms with Gasteiger partial charge in [-0.3, -0.25) is 0 Å². The van der Waals surface area contributed by atoms with Crippen molar-refractivity contribution in [1.29, 1.82) is 0 Å². The molecule has 0 saturated carbocycles. The van der Waals surface area contributed by atoms with Crippen LogP contribution in [0.2, 0.25) is 0 Å². The first kappa shape index (κ1) is 13.8. The number of rotatable bonds is 5. The molecule has 2 rings (SSSR count). The Balaban J connectivity index is 2.12. The summed E-state index contributed by atoms with van der Waals surface area (Å²) in [6.07, 6.45) is 0. The zero-order valence-corrected chi connectivity index (χ0v) is 12.2. The minimum absolute atomic E-state index is 0.693. The fourth-order valence-corrected chi connectivity index (χ4v) is 2.91. The van der Waals surface area contributed by atoms with Crippen molar-refractivity contribution in [3.63, 3.8) is 0 Å². The van der Waals surface area contributed by atoms with E-state index in [0.717, 1.165) is 17.2 Å². The van der Waals surface area contributed by atoms with Gasteiger partial charge in [-0.25, -0.2) is 0 Å². The Morgan fingerprint density at radius 1 is 1.16 bits per heavy atom. The van der Waals surface area contributed by atoms with E-state index in [1.165, 1.54) is 16.0 Å². The van der Waals surface area contributed by atoms with Crippen LogP contribution in [0.15, 0.2) is 47.4 Å². The van der Waals surface area contributed by atoms with E-state index < -0.39 is 0 Å². The maximum absolute atomic E-state index is 5.84. The lowest BCUT2D eigenvalue weighted by Gasteiger charge is -2.11. The van der Waals surface area contributed by atoms with Crippen LogP contribution in [-0.4, -0.2) is 6.61 Å². The molecule has 0 aliphatic heterocycles.